The number of aliphatic hydroxyl groups excluding tert-OH is 1. The summed E-state index contributed by atoms with van der Waals surface area (Å²) in [6.45, 7) is 1.03. The van der Waals surface area contributed by atoms with Crippen molar-refractivity contribution in [1.29, 1.82) is 0 Å². The molecule has 1 N–H and O–H groups in total. The molecule has 0 spiro atoms. The Morgan fingerprint density at radius 1 is 1.42 bits per heavy atom. The van der Waals surface area contributed by atoms with Crippen molar-refractivity contribution in [3.63, 3.8) is 0 Å². The Labute approximate surface area is 111 Å². The van der Waals surface area contributed by atoms with Gasteiger partial charge in [-0.05, 0) is 18.9 Å². The van der Waals surface area contributed by atoms with Crippen molar-refractivity contribution in [2.24, 2.45) is 0 Å². The maximum absolute atomic E-state index is 12.3. The summed E-state index contributed by atoms with van der Waals surface area (Å²) < 4.78 is 1.73. The first-order valence-corrected chi connectivity index (χ1v) is 6.60. The molecular formula is C14H17N3O2. The maximum atomic E-state index is 12.3. The molecule has 100 valence electrons. The lowest BCUT2D eigenvalue weighted by molar-refractivity contribution is -0.133. The second-order valence-corrected chi connectivity index (χ2v) is 4.93. The Kier molecular flexibility index (Phi) is 3.21. The molecule has 1 amide bonds. The Morgan fingerprint density at radius 2 is 2.26 bits per heavy atom. The third-order valence-corrected chi connectivity index (χ3v) is 3.74. The van der Waals surface area contributed by atoms with Crippen molar-refractivity contribution < 1.29 is 9.90 Å². The molecule has 1 aliphatic heterocycles. The molecule has 1 aromatic heterocycles. The van der Waals surface area contributed by atoms with Gasteiger partial charge in [-0.1, -0.05) is 18.2 Å². The topological polar surface area (TPSA) is 58.4 Å². The fourth-order valence-electron chi connectivity index (χ4n) is 2.72. The molecule has 1 aromatic carbocycles. The minimum Gasteiger partial charge on any atom is -0.394 e. The van der Waals surface area contributed by atoms with E-state index < -0.39 is 0 Å². The molecule has 5 nitrogen and oxygen atoms in total. The first-order chi connectivity index (χ1) is 9.29. The maximum Gasteiger partial charge on any atom is 0.244 e. The molecule has 0 aliphatic carbocycles. The Morgan fingerprint density at radius 3 is 3.11 bits per heavy atom. The first-order valence-electron chi connectivity index (χ1n) is 6.60. The third-order valence-electron chi connectivity index (χ3n) is 3.74. The van der Waals surface area contributed by atoms with Crippen LogP contribution >= 0.6 is 0 Å². The number of benzene rings is 1. The molecule has 2 heterocycles. The van der Waals surface area contributed by atoms with E-state index in [1.165, 1.54) is 0 Å². The predicted octanol–water partition coefficient (Wildman–Crippen LogP) is 1.02. The fourth-order valence-corrected chi connectivity index (χ4v) is 2.72. The highest BCUT2D eigenvalue weighted by Crippen LogP contribution is 2.18. The number of carbonyl (C=O) groups is 1. The molecule has 0 bridgehead atoms. The van der Waals surface area contributed by atoms with Gasteiger partial charge in [0, 0.05) is 11.9 Å². The molecule has 1 fully saturated rings. The molecule has 0 saturated carbocycles. The summed E-state index contributed by atoms with van der Waals surface area (Å²) in [7, 11) is 0. The largest absolute Gasteiger partial charge is 0.394 e. The van der Waals surface area contributed by atoms with Crippen LogP contribution < -0.4 is 0 Å². The zero-order valence-electron chi connectivity index (χ0n) is 10.7. The Balaban J connectivity index is 1.79. The van der Waals surface area contributed by atoms with Gasteiger partial charge in [0.25, 0.3) is 0 Å². The highest BCUT2D eigenvalue weighted by atomic mass is 16.3. The van der Waals surface area contributed by atoms with E-state index in [4.69, 9.17) is 0 Å². The summed E-state index contributed by atoms with van der Waals surface area (Å²) in [5.74, 6) is 0.0328. The second-order valence-electron chi connectivity index (χ2n) is 4.93. The molecule has 2 aromatic rings. The minimum absolute atomic E-state index is 0.0191. The molecule has 3 rings (SSSR count). The summed E-state index contributed by atoms with van der Waals surface area (Å²) in [6.07, 6.45) is 3.63. The summed E-state index contributed by atoms with van der Waals surface area (Å²) >= 11 is 0. The van der Waals surface area contributed by atoms with Crippen molar-refractivity contribution in [3.8, 4) is 0 Å². The molecule has 5 heteroatoms. The molecule has 19 heavy (non-hydrogen) atoms. The van der Waals surface area contributed by atoms with Gasteiger partial charge in [-0.15, -0.1) is 0 Å². The van der Waals surface area contributed by atoms with Crippen LogP contribution in [0.3, 0.4) is 0 Å². The molecular weight excluding hydrogens is 242 g/mol. The highest BCUT2D eigenvalue weighted by Gasteiger charge is 2.28. The SMILES string of the molecule is O=C(Cn1ncc2ccccc21)N1CCC[C@H]1CO. The van der Waals surface area contributed by atoms with Gasteiger partial charge >= 0.3 is 0 Å². The number of amides is 1. The number of para-hydroxylation sites is 1. The zero-order valence-corrected chi connectivity index (χ0v) is 10.7. The number of likely N-dealkylation sites (tertiary alicyclic amines) is 1. The number of carbonyl (C=O) groups excluding carboxylic acids is 1. The molecule has 0 radical (unpaired) electrons. The summed E-state index contributed by atoms with van der Waals surface area (Å²) in [5, 5.41) is 14.6. The number of fused-ring (bicyclic) bond motifs is 1. The lowest BCUT2D eigenvalue weighted by Crippen LogP contribution is -2.39. The second kappa shape index (κ2) is 5.01. The van der Waals surface area contributed by atoms with Crippen molar-refractivity contribution in [3.05, 3.63) is 30.5 Å². The lowest BCUT2D eigenvalue weighted by atomic mass is 10.2. The van der Waals surface area contributed by atoms with E-state index in [1.54, 1.807) is 15.8 Å². The first kappa shape index (κ1) is 12.2. The van der Waals surface area contributed by atoms with Crippen LogP contribution in [0.1, 0.15) is 12.8 Å². The molecule has 1 atom stereocenters. The summed E-state index contributed by atoms with van der Waals surface area (Å²) in [5.41, 5.74) is 0.968. The highest BCUT2D eigenvalue weighted by molar-refractivity contribution is 5.82. The van der Waals surface area contributed by atoms with E-state index >= 15 is 0 Å². The summed E-state index contributed by atoms with van der Waals surface area (Å²) in [4.78, 5) is 14.1. The van der Waals surface area contributed by atoms with Crippen LogP contribution in [0.5, 0.6) is 0 Å². The minimum atomic E-state index is -0.0191. The standard InChI is InChI=1S/C14H17N3O2/c18-10-12-5-3-7-16(12)14(19)9-17-13-6-2-1-4-11(13)8-15-17/h1-2,4,6,8,12,18H,3,5,7,9-10H2/t12-/m0/s1. The van der Waals surface area contributed by atoms with E-state index in [9.17, 15) is 9.90 Å². The third kappa shape index (κ3) is 2.21. The zero-order chi connectivity index (χ0) is 13.2. The molecule has 1 saturated heterocycles. The monoisotopic (exact) mass is 259 g/mol. The van der Waals surface area contributed by atoms with E-state index in [0.717, 1.165) is 30.3 Å². The number of aromatic nitrogens is 2. The van der Waals surface area contributed by atoms with Crippen molar-refractivity contribution in [2.75, 3.05) is 13.2 Å². The Bertz CT molecular complexity index is 593. The number of nitrogens with zero attached hydrogens (tertiary/aromatic N) is 3. The van der Waals surface area contributed by atoms with Crippen molar-refractivity contribution >= 4 is 16.8 Å². The van der Waals surface area contributed by atoms with Gasteiger partial charge in [0.1, 0.15) is 6.54 Å². The van der Waals surface area contributed by atoms with Gasteiger partial charge in [-0.2, -0.15) is 5.10 Å². The van der Waals surface area contributed by atoms with Crippen LogP contribution in [0.4, 0.5) is 0 Å². The average molecular weight is 259 g/mol. The van der Waals surface area contributed by atoms with Crippen LogP contribution in [0, 0.1) is 0 Å². The number of aliphatic hydroxyl groups is 1. The smallest absolute Gasteiger partial charge is 0.244 e. The molecule has 1 aliphatic rings. The number of hydrogen-bond acceptors (Lipinski definition) is 3. The number of rotatable bonds is 3. The summed E-state index contributed by atoms with van der Waals surface area (Å²) in [6, 6.07) is 7.82. The average Bonchev–Trinajstić information content (AvgIpc) is 3.05. The quantitative estimate of drug-likeness (QED) is 0.895. The van der Waals surface area contributed by atoms with Gasteiger partial charge in [0.05, 0.1) is 24.4 Å². The van der Waals surface area contributed by atoms with E-state index in [2.05, 4.69) is 5.10 Å². The van der Waals surface area contributed by atoms with E-state index in [1.807, 2.05) is 24.3 Å². The molecule has 0 unspecified atom stereocenters. The normalized spacial score (nSPS) is 19.2. The van der Waals surface area contributed by atoms with Crippen molar-refractivity contribution in [1.82, 2.24) is 14.7 Å². The van der Waals surface area contributed by atoms with Crippen LogP contribution in [-0.4, -0.2) is 44.9 Å². The van der Waals surface area contributed by atoms with Gasteiger partial charge in [0.15, 0.2) is 0 Å². The van der Waals surface area contributed by atoms with Gasteiger partial charge in [-0.3, -0.25) is 9.48 Å². The van der Waals surface area contributed by atoms with E-state index in [-0.39, 0.29) is 25.1 Å². The van der Waals surface area contributed by atoms with Crippen LogP contribution in [0.15, 0.2) is 30.5 Å². The van der Waals surface area contributed by atoms with Gasteiger partial charge in [-0.25, -0.2) is 0 Å². The van der Waals surface area contributed by atoms with Gasteiger partial charge < -0.3 is 10.0 Å². The predicted molar refractivity (Wildman–Crippen MR) is 71.6 cm³/mol. The van der Waals surface area contributed by atoms with Crippen LogP contribution in [-0.2, 0) is 11.3 Å². The number of hydrogen-bond donors (Lipinski definition) is 1. The van der Waals surface area contributed by atoms with E-state index in [0.29, 0.717) is 0 Å². The van der Waals surface area contributed by atoms with Gasteiger partial charge in [0.2, 0.25) is 5.91 Å². The fraction of sp³-hybridized carbons (Fsp3) is 0.429. The van der Waals surface area contributed by atoms with Crippen LogP contribution in [0.2, 0.25) is 0 Å². The van der Waals surface area contributed by atoms with Crippen molar-refractivity contribution in [2.45, 2.75) is 25.4 Å². The lowest BCUT2D eigenvalue weighted by Gasteiger charge is -2.23. The Hall–Kier alpha value is -1.88. The van der Waals surface area contributed by atoms with Crippen LogP contribution in [0.25, 0.3) is 10.9 Å².